The standard InChI is InChI=1S/C19H16ClN3O2/c1-12-5-7-13(8-6-12)18-21-19(25-22-18)14-9-17(24)23(11-14)16-4-2-3-15(20)10-16/h2-8,10,14H,9,11H2,1H3. The number of amides is 1. The van der Waals surface area contributed by atoms with Crippen LogP contribution >= 0.6 is 11.6 Å². The molecule has 126 valence electrons. The van der Waals surface area contributed by atoms with Crippen molar-refractivity contribution < 1.29 is 9.32 Å². The number of aryl methyl sites for hydroxylation is 1. The maximum atomic E-state index is 12.4. The largest absolute Gasteiger partial charge is 0.339 e. The van der Waals surface area contributed by atoms with E-state index in [0.29, 0.717) is 29.7 Å². The summed E-state index contributed by atoms with van der Waals surface area (Å²) in [7, 11) is 0. The number of nitrogens with zero attached hydrogens (tertiary/aromatic N) is 3. The van der Waals surface area contributed by atoms with Crippen LogP contribution < -0.4 is 4.90 Å². The third kappa shape index (κ3) is 3.15. The number of halogens is 1. The number of anilines is 1. The van der Waals surface area contributed by atoms with E-state index in [1.54, 1.807) is 17.0 Å². The van der Waals surface area contributed by atoms with Gasteiger partial charge in [-0.05, 0) is 25.1 Å². The van der Waals surface area contributed by atoms with Gasteiger partial charge in [0.15, 0.2) is 0 Å². The first-order chi connectivity index (χ1) is 12.1. The highest BCUT2D eigenvalue weighted by molar-refractivity contribution is 6.30. The maximum Gasteiger partial charge on any atom is 0.232 e. The second-order valence-corrected chi connectivity index (χ2v) is 6.64. The van der Waals surface area contributed by atoms with Gasteiger partial charge in [0.25, 0.3) is 0 Å². The molecule has 1 saturated heterocycles. The quantitative estimate of drug-likeness (QED) is 0.707. The van der Waals surface area contributed by atoms with E-state index in [1.807, 2.05) is 43.3 Å². The second-order valence-electron chi connectivity index (χ2n) is 6.21. The fourth-order valence-electron chi connectivity index (χ4n) is 2.99. The molecule has 4 rings (SSSR count). The van der Waals surface area contributed by atoms with Gasteiger partial charge in [-0.2, -0.15) is 4.98 Å². The molecule has 0 saturated carbocycles. The average molecular weight is 354 g/mol. The lowest BCUT2D eigenvalue weighted by atomic mass is 10.1. The highest BCUT2D eigenvalue weighted by Crippen LogP contribution is 2.32. The zero-order valence-electron chi connectivity index (χ0n) is 13.6. The van der Waals surface area contributed by atoms with Crippen molar-refractivity contribution in [3.63, 3.8) is 0 Å². The van der Waals surface area contributed by atoms with Crippen LogP contribution in [0.5, 0.6) is 0 Å². The first kappa shape index (κ1) is 15.8. The van der Waals surface area contributed by atoms with Crippen LogP contribution in [0.2, 0.25) is 5.02 Å². The Balaban J connectivity index is 1.55. The van der Waals surface area contributed by atoms with Gasteiger partial charge in [-0.15, -0.1) is 0 Å². The summed E-state index contributed by atoms with van der Waals surface area (Å²) < 4.78 is 5.42. The molecule has 0 N–H and O–H groups in total. The number of hydrogen-bond donors (Lipinski definition) is 0. The van der Waals surface area contributed by atoms with Gasteiger partial charge in [-0.25, -0.2) is 0 Å². The van der Waals surface area contributed by atoms with Gasteiger partial charge in [0, 0.05) is 29.2 Å². The van der Waals surface area contributed by atoms with E-state index in [-0.39, 0.29) is 11.8 Å². The van der Waals surface area contributed by atoms with Gasteiger partial charge in [-0.3, -0.25) is 4.79 Å². The first-order valence-corrected chi connectivity index (χ1v) is 8.44. The van der Waals surface area contributed by atoms with Crippen molar-refractivity contribution >= 4 is 23.2 Å². The monoisotopic (exact) mass is 353 g/mol. The smallest absolute Gasteiger partial charge is 0.232 e. The molecule has 2 heterocycles. The number of benzene rings is 2. The lowest BCUT2D eigenvalue weighted by Crippen LogP contribution is -2.24. The van der Waals surface area contributed by atoms with Crippen molar-refractivity contribution in [2.75, 3.05) is 11.4 Å². The molecule has 0 radical (unpaired) electrons. The van der Waals surface area contributed by atoms with E-state index in [0.717, 1.165) is 11.3 Å². The van der Waals surface area contributed by atoms with Crippen molar-refractivity contribution in [1.29, 1.82) is 0 Å². The fourth-order valence-corrected chi connectivity index (χ4v) is 3.17. The Morgan fingerprint density at radius 1 is 1.20 bits per heavy atom. The minimum atomic E-state index is -0.113. The molecule has 1 fully saturated rings. The Kier molecular flexibility index (Phi) is 4.01. The van der Waals surface area contributed by atoms with E-state index in [4.69, 9.17) is 16.1 Å². The normalized spacial score (nSPS) is 17.3. The third-order valence-electron chi connectivity index (χ3n) is 4.35. The van der Waals surface area contributed by atoms with Crippen LogP contribution in [0, 0.1) is 6.92 Å². The summed E-state index contributed by atoms with van der Waals surface area (Å²) in [5.41, 5.74) is 2.86. The van der Waals surface area contributed by atoms with E-state index in [9.17, 15) is 4.79 Å². The SMILES string of the molecule is Cc1ccc(-c2noc(C3CC(=O)N(c4cccc(Cl)c4)C3)n2)cc1. The highest BCUT2D eigenvalue weighted by atomic mass is 35.5. The zero-order valence-corrected chi connectivity index (χ0v) is 14.4. The molecular formula is C19H16ClN3O2. The Morgan fingerprint density at radius 2 is 2.00 bits per heavy atom. The van der Waals surface area contributed by atoms with Gasteiger partial charge >= 0.3 is 0 Å². The van der Waals surface area contributed by atoms with Crippen LogP contribution in [0.25, 0.3) is 11.4 Å². The van der Waals surface area contributed by atoms with Crippen molar-refractivity contribution in [2.45, 2.75) is 19.3 Å². The zero-order chi connectivity index (χ0) is 17.4. The van der Waals surface area contributed by atoms with Crippen LogP contribution in [0.4, 0.5) is 5.69 Å². The summed E-state index contributed by atoms with van der Waals surface area (Å²) in [4.78, 5) is 18.6. The van der Waals surface area contributed by atoms with Gasteiger partial charge in [0.2, 0.25) is 17.6 Å². The number of rotatable bonds is 3. The Morgan fingerprint density at radius 3 is 2.76 bits per heavy atom. The summed E-state index contributed by atoms with van der Waals surface area (Å²) in [5, 5.41) is 4.67. The molecule has 0 bridgehead atoms. The fraction of sp³-hybridized carbons (Fsp3) is 0.211. The predicted molar refractivity (Wildman–Crippen MR) is 95.6 cm³/mol. The minimum absolute atomic E-state index is 0.0300. The lowest BCUT2D eigenvalue weighted by molar-refractivity contribution is -0.117. The first-order valence-electron chi connectivity index (χ1n) is 8.07. The molecule has 1 amide bonds. The lowest BCUT2D eigenvalue weighted by Gasteiger charge is -2.16. The molecule has 2 aromatic carbocycles. The summed E-state index contributed by atoms with van der Waals surface area (Å²) in [6, 6.07) is 15.2. The predicted octanol–water partition coefficient (Wildman–Crippen LogP) is 4.22. The third-order valence-corrected chi connectivity index (χ3v) is 4.58. The van der Waals surface area contributed by atoms with Gasteiger partial charge in [0.05, 0.1) is 5.92 Å². The number of hydrogen-bond acceptors (Lipinski definition) is 4. The van der Waals surface area contributed by atoms with Crippen molar-refractivity contribution in [1.82, 2.24) is 10.1 Å². The van der Waals surface area contributed by atoms with Gasteiger partial charge in [-0.1, -0.05) is 52.7 Å². The number of carbonyl (C=O) groups is 1. The van der Waals surface area contributed by atoms with E-state index in [1.165, 1.54) is 5.56 Å². The number of carbonyl (C=O) groups excluding carboxylic acids is 1. The van der Waals surface area contributed by atoms with Crippen LogP contribution in [0.3, 0.4) is 0 Å². The van der Waals surface area contributed by atoms with Crippen LogP contribution in [0.1, 0.15) is 23.8 Å². The van der Waals surface area contributed by atoms with Gasteiger partial charge in [0.1, 0.15) is 0 Å². The summed E-state index contributed by atoms with van der Waals surface area (Å²) in [6.07, 6.45) is 0.349. The van der Waals surface area contributed by atoms with Crippen molar-refractivity contribution in [3.05, 3.63) is 65.0 Å². The average Bonchev–Trinajstić information content (AvgIpc) is 3.22. The molecule has 6 heteroatoms. The Hall–Kier alpha value is -2.66. The molecule has 5 nitrogen and oxygen atoms in total. The molecule has 0 spiro atoms. The molecule has 3 aromatic rings. The molecule has 1 aromatic heterocycles. The molecular weight excluding hydrogens is 338 g/mol. The second kappa shape index (κ2) is 6.33. The summed E-state index contributed by atoms with van der Waals surface area (Å²) in [5.74, 6) is 0.956. The molecule has 0 aliphatic carbocycles. The summed E-state index contributed by atoms with van der Waals surface area (Å²) in [6.45, 7) is 2.54. The molecule has 1 aliphatic heterocycles. The van der Waals surface area contributed by atoms with Crippen LogP contribution in [0.15, 0.2) is 53.1 Å². The minimum Gasteiger partial charge on any atom is -0.339 e. The number of aromatic nitrogens is 2. The highest BCUT2D eigenvalue weighted by Gasteiger charge is 2.35. The Bertz CT molecular complexity index is 920. The Labute approximate surface area is 150 Å². The van der Waals surface area contributed by atoms with Crippen molar-refractivity contribution in [2.24, 2.45) is 0 Å². The molecule has 1 aliphatic rings. The van der Waals surface area contributed by atoms with Crippen LogP contribution in [-0.4, -0.2) is 22.6 Å². The maximum absolute atomic E-state index is 12.4. The molecule has 1 atom stereocenters. The molecule has 25 heavy (non-hydrogen) atoms. The molecule has 1 unspecified atom stereocenters. The van der Waals surface area contributed by atoms with Crippen LogP contribution in [-0.2, 0) is 4.79 Å². The van der Waals surface area contributed by atoms with E-state index >= 15 is 0 Å². The van der Waals surface area contributed by atoms with E-state index < -0.39 is 0 Å². The van der Waals surface area contributed by atoms with Gasteiger partial charge < -0.3 is 9.42 Å². The topological polar surface area (TPSA) is 59.2 Å². The summed E-state index contributed by atoms with van der Waals surface area (Å²) >= 11 is 6.03. The van der Waals surface area contributed by atoms with Crippen molar-refractivity contribution in [3.8, 4) is 11.4 Å². The van der Waals surface area contributed by atoms with E-state index in [2.05, 4.69) is 10.1 Å².